The van der Waals surface area contributed by atoms with Gasteiger partial charge in [-0.25, -0.2) is 10.2 Å². The maximum absolute atomic E-state index is 10.7. The number of carboxylic acid groups (broad SMARTS) is 1. The number of aliphatic carboxylic acids is 1. The summed E-state index contributed by atoms with van der Waals surface area (Å²) in [6, 6.07) is 0. The third-order valence-corrected chi connectivity index (χ3v) is 1.78. The highest BCUT2D eigenvalue weighted by atomic mass is 16.4. The van der Waals surface area contributed by atoms with Gasteiger partial charge in [-0.2, -0.15) is 4.99 Å². The van der Waals surface area contributed by atoms with Crippen molar-refractivity contribution in [3.8, 4) is 0 Å². The van der Waals surface area contributed by atoms with E-state index in [4.69, 9.17) is 10.2 Å². The van der Waals surface area contributed by atoms with Gasteiger partial charge in [0.1, 0.15) is 0 Å². The summed E-state index contributed by atoms with van der Waals surface area (Å²) in [5, 5.41) is 19.2. The first-order chi connectivity index (χ1) is 6.18. The standard InChI is InChI=1S/C7H7N3O3/c11-5-1-2-10-6(9-5)4(3-8-10)7(12)13/h1-2,8H,3H2,(H,9,11)(H,12,13). The Kier molecular flexibility index (Phi) is 1.56. The molecule has 0 aromatic carbocycles. The normalized spacial score (nSPS) is 20.3. The zero-order chi connectivity index (χ0) is 9.42. The molecule has 0 spiro atoms. The molecule has 2 heterocycles. The van der Waals surface area contributed by atoms with E-state index in [1.165, 1.54) is 17.3 Å². The molecule has 0 aromatic heterocycles. The smallest absolute Gasteiger partial charge is 0.336 e. The lowest BCUT2D eigenvalue weighted by Crippen LogP contribution is -2.28. The molecular weight excluding hydrogens is 174 g/mol. The van der Waals surface area contributed by atoms with Crippen LogP contribution in [0.2, 0.25) is 0 Å². The zero-order valence-corrected chi connectivity index (χ0v) is 6.56. The number of carboxylic acids is 1. The SMILES string of the molecule is O=C(O)C1=C2N=C(O)C=CN2NC1. The van der Waals surface area contributed by atoms with Crippen molar-refractivity contribution in [2.45, 2.75) is 0 Å². The fourth-order valence-electron chi connectivity index (χ4n) is 1.17. The van der Waals surface area contributed by atoms with E-state index < -0.39 is 5.97 Å². The lowest BCUT2D eigenvalue weighted by molar-refractivity contribution is -0.132. The highest BCUT2D eigenvalue weighted by Crippen LogP contribution is 2.19. The van der Waals surface area contributed by atoms with Crippen LogP contribution in [0, 0.1) is 0 Å². The molecule has 2 rings (SSSR count). The molecule has 0 saturated carbocycles. The number of aliphatic hydroxyl groups excluding tert-OH is 1. The molecule has 0 amide bonds. The van der Waals surface area contributed by atoms with E-state index >= 15 is 0 Å². The lowest BCUT2D eigenvalue weighted by Gasteiger charge is -2.16. The van der Waals surface area contributed by atoms with Crippen LogP contribution in [-0.2, 0) is 4.79 Å². The van der Waals surface area contributed by atoms with Crippen LogP contribution in [0.1, 0.15) is 0 Å². The molecular formula is C7H7N3O3. The number of nitrogens with one attached hydrogen (secondary N) is 1. The van der Waals surface area contributed by atoms with Gasteiger partial charge in [0.05, 0.1) is 12.1 Å². The van der Waals surface area contributed by atoms with E-state index in [2.05, 4.69) is 10.4 Å². The van der Waals surface area contributed by atoms with Crippen molar-refractivity contribution in [1.82, 2.24) is 10.4 Å². The van der Waals surface area contributed by atoms with Crippen LogP contribution in [0.15, 0.2) is 28.7 Å². The maximum atomic E-state index is 10.7. The predicted octanol–water partition coefficient (Wildman–Crippen LogP) is -0.413. The lowest BCUT2D eigenvalue weighted by atomic mass is 10.3. The van der Waals surface area contributed by atoms with E-state index in [0.717, 1.165) is 0 Å². The highest BCUT2D eigenvalue weighted by Gasteiger charge is 2.27. The summed E-state index contributed by atoms with van der Waals surface area (Å²) in [6.45, 7) is 0.214. The molecule has 0 radical (unpaired) electrons. The van der Waals surface area contributed by atoms with E-state index in [0.29, 0.717) is 0 Å². The van der Waals surface area contributed by atoms with Gasteiger partial charge in [0.25, 0.3) is 0 Å². The van der Waals surface area contributed by atoms with Crippen LogP contribution in [0.4, 0.5) is 0 Å². The van der Waals surface area contributed by atoms with Gasteiger partial charge in [-0.05, 0) is 0 Å². The molecule has 6 nitrogen and oxygen atoms in total. The van der Waals surface area contributed by atoms with Crippen LogP contribution >= 0.6 is 0 Å². The van der Waals surface area contributed by atoms with Crippen molar-refractivity contribution >= 4 is 11.9 Å². The molecule has 0 atom stereocenters. The summed E-state index contributed by atoms with van der Waals surface area (Å²) in [7, 11) is 0. The van der Waals surface area contributed by atoms with Gasteiger partial charge in [-0.15, -0.1) is 0 Å². The first-order valence-electron chi connectivity index (χ1n) is 3.63. The van der Waals surface area contributed by atoms with Gasteiger partial charge < -0.3 is 10.2 Å². The monoisotopic (exact) mass is 181 g/mol. The van der Waals surface area contributed by atoms with E-state index in [1.54, 1.807) is 0 Å². The molecule has 13 heavy (non-hydrogen) atoms. The summed E-state index contributed by atoms with van der Waals surface area (Å²) in [4.78, 5) is 14.4. The Morgan fingerprint density at radius 3 is 3.15 bits per heavy atom. The number of fused-ring (bicyclic) bond motifs is 1. The number of aliphatic imine (C=N–C) groups is 1. The number of nitrogens with zero attached hydrogens (tertiary/aromatic N) is 2. The fraction of sp³-hybridized carbons (Fsp3) is 0.143. The Bertz CT molecular complexity index is 356. The van der Waals surface area contributed by atoms with Crippen LogP contribution < -0.4 is 5.43 Å². The van der Waals surface area contributed by atoms with Crippen molar-refractivity contribution in [2.75, 3.05) is 6.54 Å². The molecule has 0 saturated heterocycles. The van der Waals surface area contributed by atoms with Crippen molar-refractivity contribution in [3.05, 3.63) is 23.7 Å². The van der Waals surface area contributed by atoms with Crippen molar-refractivity contribution < 1.29 is 15.0 Å². The predicted molar refractivity (Wildman–Crippen MR) is 43.7 cm³/mol. The Labute approximate surface area is 73.5 Å². The van der Waals surface area contributed by atoms with Crippen LogP contribution in [0.25, 0.3) is 0 Å². The topological polar surface area (TPSA) is 85.2 Å². The average Bonchev–Trinajstić information content (AvgIpc) is 2.46. The number of hydrogen-bond donors (Lipinski definition) is 3. The fourth-order valence-corrected chi connectivity index (χ4v) is 1.17. The molecule has 0 unspecified atom stereocenters. The minimum atomic E-state index is -1.03. The molecule has 68 valence electrons. The van der Waals surface area contributed by atoms with Crippen LogP contribution in [0.3, 0.4) is 0 Å². The third kappa shape index (κ3) is 1.17. The van der Waals surface area contributed by atoms with Gasteiger partial charge >= 0.3 is 5.97 Å². The molecule has 0 bridgehead atoms. The Hall–Kier alpha value is -1.82. The number of aliphatic hydroxyl groups is 1. The number of rotatable bonds is 1. The molecule has 0 aromatic rings. The Morgan fingerprint density at radius 2 is 2.46 bits per heavy atom. The summed E-state index contributed by atoms with van der Waals surface area (Å²) < 4.78 is 0. The van der Waals surface area contributed by atoms with Gasteiger partial charge in [0.15, 0.2) is 5.82 Å². The Morgan fingerprint density at radius 1 is 1.69 bits per heavy atom. The van der Waals surface area contributed by atoms with Gasteiger partial charge in [-0.1, -0.05) is 0 Å². The van der Waals surface area contributed by atoms with Crippen LogP contribution in [-0.4, -0.2) is 33.6 Å². The second-order valence-electron chi connectivity index (χ2n) is 2.60. The van der Waals surface area contributed by atoms with Gasteiger partial charge in [-0.3, -0.25) is 5.01 Å². The number of hydrazine groups is 1. The molecule has 0 aliphatic carbocycles. The largest absolute Gasteiger partial charge is 0.493 e. The second kappa shape index (κ2) is 2.60. The summed E-state index contributed by atoms with van der Waals surface area (Å²) in [5.74, 6) is -0.974. The van der Waals surface area contributed by atoms with Crippen LogP contribution in [0.5, 0.6) is 0 Å². The first kappa shape index (κ1) is 7.81. The summed E-state index contributed by atoms with van der Waals surface area (Å²) in [6.07, 6.45) is 2.90. The average molecular weight is 181 g/mol. The minimum absolute atomic E-state index is 0.149. The zero-order valence-electron chi connectivity index (χ0n) is 6.56. The van der Waals surface area contributed by atoms with E-state index in [-0.39, 0.29) is 23.8 Å². The second-order valence-corrected chi connectivity index (χ2v) is 2.60. The van der Waals surface area contributed by atoms with Crippen molar-refractivity contribution in [2.24, 2.45) is 4.99 Å². The van der Waals surface area contributed by atoms with Crippen molar-refractivity contribution in [3.63, 3.8) is 0 Å². The summed E-state index contributed by atoms with van der Waals surface area (Å²) >= 11 is 0. The third-order valence-electron chi connectivity index (χ3n) is 1.78. The quantitative estimate of drug-likeness (QED) is 0.512. The van der Waals surface area contributed by atoms with Crippen molar-refractivity contribution in [1.29, 1.82) is 0 Å². The highest BCUT2D eigenvalue weighted by molar-refractivity contribution is 5.92. The molecule has 6 heteroatoms. The minimum Gasteiger partial charge on any atom is -0.493 e. The number of hydrogen-bond acceptors (Lipinski definition) is 4. The maximum Gasteiger partial charge on any atom is 0.336 e. The first-order valence-corrected chi connectivity index (χ1v) is 3.63. The summed E-state index contributed by atoms with van der Waals surface area (Å²) in [5.41, 5.74) is 2.93. The molecule has 0 fully saturated rings. The number of carbonyl (C=O) groups is 1. The molecule has 2 aliphatic heterocycles. The van der Waals surface area contributed by atoms with E-state index in [1.807, 2.05) is 0 Å². The Balaban J connectivity index is 2.43. The van der Waals surface area contributed by atoms with E-state index in [9.17, 15) is 4.79 Å². The molecule has 3 N–H and O–H groups in total. The molecule has 2 aliphatic rings. The van der Waals surface area contributed by atoms with Gasteiger partial charge in [0, 0.05) is 12.3 Å². The van der Waals surface area contributed by atoms with Gasteiger partial charge in [0.2, 0.25) is 5.90 Å².